The Bertz CT molecular complexity index is 671. The van der Waals surface area contributed by atoms with Gasteiger partial charge in [0.05, 0.1) is 0 Å². The summed E-state index contributed by atoms with van der Waals surface area (Å²) in [6, 6.07) is 9.13. The maximum atomic E-state index is 12.3. The Balaban J connectivity index is 2.06. The van der Waals surface area contributed by atoms with Crippen LogP contribution in [0, 0.1) is 17.2 Å². The molecule has 0 aromatic heterocycles. The molecule has 0 bridgehead atoms. The number of nitrogens with zero attached hydrogens (tertiary/aromatic N) is 1. The predicted octanol–water partition coefficient (Wildman–Crippen LogP) is 3.25. The standard InChI is InChI=1S/C19H23N3O2/c1-13-5-3-4-6-18(13)22-19(24)16(12-20)11-15-7-9-17(10-8-15)21-14(2)23/h7-11,13,18H,3-6H2,1-2H3,(H,21,23)(H,22,24)/b16-11-. The minimum absolute atomic E-state index is 0.0973. The molecule has 2 atom stereocenters. The molecular weight excluding hydrogens is 302 g/mol. The van der Waals surface area contributed by atoms with Gasteiger partial charge in [-0.15, -0.1) is 0 Å². The lowest BCUT2D eigenvalue weighted by molar-refractivity contribution is -0.118. The van der Waals surface area contributed by atoms with Gasteiger partial charge >= 0.3 is 0 Å². The van der Waals surface area contributed by atoms with Crippen LogP contribution in [0.25, 0.3) is 6.08 Å². The van der Waals surface area contributed by atoms with Crippen LogP contribution in [0.3, 0.4) is 0 Å². The molecule has 24 heavy (non-hydrogen) atoms. The van der Waals surface area contributed by atoms with E-state index in [9.17, 15) is 14.9 Å². The fourth-order valence-electron chi connectivity index (χ4n) is 2.96. The summed E-state index contributed by atoms with van der Waals surface area (Å²) in [6.07, 6.45) is 5.97. The van der Waals surface area contributed by atoms with E-state index in [0.29, 0.717) is 11.6 Å². The van der Waals surface area contributed by atoms with Crippen molar-refractivity contribution < 1.29 is 9.59 Å². The van der Waals surface area contributed by atoms with E-state index in [4.69, 9.17) is 0 Å². The van der Waals surface area contributed by atoms with Crippen LogP contribution < -0.4 is 10.6 Å². The van der Waals surface area contributed by atoms with Crippen molar-refractivity contribution >= 4 is 23.6 Å². The molecule has 0 heterocycles. The summed E-state index contributed by atoms with van der Waals surface area (Å²) in [6.45, 7) is 3.58. The van der Waals surface area contributed by atoms with E-state index in [2.05, 4.69) is 17.6 Å². The molecule has 2 N–H and O–H groups in total. The second kappa shape index (κ2) is 8.30. The Morgan fingerprint density at radius 3 is 2.46 bits per heavy atom. The summed E-state index contributed by atoms with van der Waals surface area (Å²) in [5, 5.41) is 15.0. The number of rotatable bonds is 4. The van der Waals surface area contributed by atoms with Gasteiger partial charge in [-0.1, -0.05) is 31.9 Å². The highest BCUT2D eigenvalue weighted by Crippen LogP contribution is 2.24. The average Bonchev–Trinajstić information content (AvgIpc) is 2.55. The molecular formula is C19H23N3O2. The van der Waals surface area contributed by atoms with Gasteiger partial charge in [0.2, 0.25) is 5.91 Å². The normalized spacial score (nSPS) is 20.8. The van der Waals surface area contributed by atoms with Crippen molar-refractivity contribution in [3.63, 3.8) is 0 Å². The Morgan fingerprint density at radius 2 is 1.88 bits per heavy atom. The highest BCUT2D eigenvalue weighted by atomic mass is 16.2. The molecule has 1 fully saturated rings. The lowest BCUT2D eigenvalue weighted by Gasteiger charge is -2.29. The third-order valence-corrected chi connectivity index (χ3v) is 4.34. The molecule has 2 amide bonds. The molecule has 0 aliphatic heterocycles. The predicted molar refractivity (Wildman–Crippen MR) is 93.9 cm³/mol. The molecule has 5 heteroatoms. The minimum atomic E-state index is -0.317. The molecule has 1 aromatic rings. The van der Waals surface area contributed by atoms with Gasteiger partial charge in [0.15, 0.2) is 0 Å². The van der Waals surface area contributed by atoms with Crippen LogP contribution in [-0.4, -0.2) is 17.9 Å². The van der Waals surface area contributed by atoms with Gasteiger partial charge in [0.25, 0.3) is 5.91 Å². The quantitative estimate of drug-likeness (QED) is 0.658. The second-order valence-electron chi connectivity index (χ2n) is 6.31. The number of carbonyl (C=O) groups is 2. The van der Waals surface area contributed by atoms with Crippen LogP contribution in [-0.2, 0) is 9.59 Å². The highest BCUT2D eigenvalue weighted by Gasteiger charge is 2.23. The summed E-state index contributed by atoms with van der Waals surface area (Å²) in [4.78, 5) is 23.4. The van der Waals surface area contributed by atoms with E-state index in [1.807, 2.05) is 6.07 Å². The number of carbonyl (C=O) groups excluding carboxylic acids is 2. The van der Waals surface area contributed by atoms with E-state index in [-0.39, 0.29) is 23.4 Å². The maximum Gasteiger partial charge on any atom is 0.262 e. The van der Waals surface area contributed by atoms with E-state index in [1.54, 1.807) is 30.3 Å². The average molecular weight is 325 g/mol. The van der Waals surface area contributed by atoms with Gasteiger partial charge in [0, 0.05) is 18.7 Å². The number of nitriles is 1. The number of amides is 2. The Morgan fingerprint density at radius 1 is 1.21 bits per heavy atom. The summed E-state index contributed by atoms with van der Waals surface area (Å²) in [7, 11) is 0. The van der Waals surface area contributed by atoms with E-state index < -0.39 is 0 Å². The van der Waals surface area contributed by atoms with Crippen molar-refractivity contribution in [3.8, 4) is 6.07 Å². The topological polar surface area (TPSA) is 82.0 Å². The molecule has 0 radical (unpaired) electrons. The molecule has 2 rings (SSSR count). The lowest BCUT2D eigenvalue weighted by atomic mass is 9.86. The van der Waals surface area contributed by atoms with Crippen LogP contribution in [0.5, 0.6) is 0 Å². The molecule has 126 valence electrons. The summed E-state index contributed by atoms with van der Waals surface area (Å²) < 4.78 is 0. The molecule has 1 aliphatic rings. The number of hydrogen-bond acceptors (Lipinski definition) is 3. The monoisotopic (exact) mass is 325 g/mol. The van der Waals surface area contributed by atoms with E-state index in [1.165, 1.54) is 13.3 Å². The molecule has 5 nitrogen and oxygen atoms in total. The van der Waals surface area contributed by atoms with Crippen molar-refractivity contribution in [2.75, 3.05) is 5.32 Å². The molecule has 1 aliphatic carbocycles. The number of nitrogens with one attached hydrogen (secondary N) is 2. The van der Waals surface area contributed by atoms with E-state index in [0.717, 1.165) is 24.8 Å². The smallest absolute Gasteiger partial charge is 0.262 e. The highest BCUT2D eigenvalue weighted by molar-refractivity contribution is 6.01. The number of hydrogen-bond donors (Lipinski definition) is 2. The van der Waals surface area contributed by atoms with Crippen molar-refractivity contribution in [1.82, 2.24) is 5.32 Å². The molecule has 0 saturated heterocycles. The van der Waals surface area contributed by atoms with Crippen molar-refractivity contribution in [2.24, 2.45) is 5.92 Å². The van der Waals surface area contributed by atoms with Crippen molar-refractivity contribution in [1.29, 1.82) is 5.26 Å². The minimum Gasteiger partial charge on any atom is -0.348 e. The van der Waals surface area contributed by atoms with Gasteiger partial charge in [-0.25, -0.2) is 0 Å². The first kappa shape index (κ1) is 17.7. The zero-order valence-electron chi connectivity index (χ0n) is 14.1. The fraction of sp³-hybridized carbons (Fsp3) is 0.421. The van der Waals surface area contributed by atoms with Crippen LogP contribution >= 0.6 is 0 Å². The van der Waals surface area contributed by atoms with Gasteiger partial charge in [-0.05, 0) is 42.5 Å². The van der Waals surface area contributed by atoms with Gasteiger partial charge < -0.3 is 10.6 Å². The summed E-state index contributed by atoms with van der Waals surface area (Å²) in [5.41, 5.74) is 1.52. The zero-order chi connectivity index (χ0) is 17.5. The fourth-order valence-corrected chi connectivity index (χ4v) is 2.96. The first-order valence-corrected chi connectivity index (χ1v) is 8.30. The van der Waals surface area contributed by atoms with Crippen molar-refractivity contribution in [2.45, 2.75) is 45.6 Å². The largest absolute Gasteiger partial charge is 0.348 e. The number of benzene rings is 1. The Labute approximate surface area is 142 Å². The van der Waals surface area contributed by atoms with Crippen LogP contribution in [0.15, 0.2) is 29.8 Å². The number of anilines is 1. The van der Waals surface area contributed by atoms with Crippen molar-refractivity contribution in [3.05, 3.63) is 35.4 Å². The Hall–Kier alpha value is -2.61. The molecule has 1 aromatic carbocycles. The summed E-state index contributed by atoms with van der Waals surface area (Å²) in [5.74, 6) is -0.0150. The van der Waals surface area contributed by atoms with E-state index >= 15 is 0 Å². The molecule has 2 unspecified atom stereocenters. The molecule has 1 saturated carbocycles. The Kier molecular flexibility index (Phi) is 6.14. The zero-order valence-corrected chi connectivity index (χ0v) is 14.1. The van der Waals surface area contributed by atoms with Gasteiger partial charge in [-0.3, -0.25) is 9.59 Å². The lowest BCUT2D eigenvalue weighted by Crippen LogP contribution is -2.41. The SMILES string of the molecule is CC(=O)Nc1ccc(/C=C(/C#N)C(=O)NC2CCCCC2C)cc1. The first-order valence-electron chi connectivity index (χ1n) is 8.30. The maximum absolute atomic E-state index is 12.3. The summed E-state index contributed by atoms with van der Waals surface area (Å²) >= 11 is 0. The third kappa shape index (κ3) is 4.95. The van der Waals surface area contributed by atoms with Gasteiger partial charge in [-0.2, -0.15) is 5.26 Å². The van der Waals surface area contributed by atoms with Gasteiger partial charge in [0.1, 0.15) is 11.6 Å². The second-order valence-corrected chi connectivity index (χ2v) is 6.31. The van der Waals surface area contributed by atoms with Crippen LogP contribution in [0.2, 0.25) is 0 Å². The third-order valence-electron chi connectivity index (χ3n) is 4.34. The van der Waals surface area contributed by atoms with Crippen LogP contribution in [0.1, 0.15) is 45.1 Å². The first-order chi connectivity index (χ1) is 11.5. The molecule has 0 spiro atoms. The van der Waals surface area contributed by atoms with Crippen LogP contribution in [0.4, 0.5) is 5.69 Å².